The largest absolute Gasteiger partial charge is 0.341 e. The Bertz CT molecular complexity index is 347. The van der Waals surface area contributed by atoms with Crippen LogP contribution < -0.4 is 0 Å². The number of hydrogen-bond donors (Lipinski definition) is 0. The average molecular weight is 264 g/mol. The second kappa shape index (κ2) is 5.61. The minimum atomic E-state index is 0.229. The molecule has 0 aromatic heterocycles. The molecular formula is C15H24N2O2. The average Bonchev–Trinajstić information content (AvgIpc) is 2.39. The molecule has 0 aromatic carbocycles. The summed E-state index contributed by atoms with van der Waals surface area (Å²) >= 11 is 0. The summed E-state index contributed by atoms with van der Waals surface area (Å²) in [5.74, 6) is 2.18. The summed E-state index contributed by atoms with van der Waals surface area (Å²) < 4.78 is 0. The maximum absolute atomic E-state index is 12.3. The van der Waals surface area contributed by atoms with Crippen molar-refractivity contribution in [1.82, 2.24) is 9.80 Å². The first-order valence-corrected chi connectivity index (χ1v) is 7.72. The molecule has 0 N–H and O–H groups in total. The molecule has 1 saturated carbocycles. The molecule has 0 radical (unpaired) electrons. The fourth-order valence-corrected chi connectivity index (χ4v) is 3.96. The van der Waals surface area contributed by atoms with Gasteiger partial charge in [0.05, 0.1) is 6.54 Å². The number of Topliss-reactive ketones (excluding diaryl/α,β-unsaturated/α-hetero) is 1. The van der Waals surface area contributed by atoms with Crippen molar-refractivity contribution in [3.05, 3.63) is 0 Å². The Morgan fingerprint density at radius 1 is 1.11 bits per heavy atom. The first kappa shape index (κ1) is 13.1. The number of likely N-dealkylation sites (tertiary alicyclic amines) is 2. The Hall–Kier alpha value is -0.900. The summed E-state index contributed by atoms with van der Waals surface area (Å²) in [5.41, 5.74) is 0. The second-order valence-corrected chi connectivity index (χ2v) is 6.51. The molecule has 106 valence electrons. The van der Waals surface area contributed by atoms with Crippen LogP contribution in [0.2, 0.25) is 0 Å². The van der Waals surface area contributed by atoms with Crippen molar-refractivity contribution in [2.75, 3.05) is 32.7 Å². The van der Waals surface area contributed by atoms with E-state index in [9.17, 15) is 9.59 Å². The molecular weight excluding hydrogens is 240 g/mol. The van der Waals surface area contributed by atoms with E-state index in [1.807, 2.05) is 4.90 Å². The molecule has 3 aliphatic rings. The molecule has 0 spiro atoms. The summed E-state index contributed by atoms with van der Waals surface area (Å²) in [7, 11) is 0. The molecule has 2 heterocycles. The summed E-state index contributed by atoms with van der Waals surface area (Å²) in [6, 6.07) is 0. The van der Waals surface area contributed by atoms with Crippen molar-refractivity contribution < 1.29 is 9.59 Å². The molecule has 0 aromatic rings. The highest BCUT2D eigenvalue weighted by molar-refractivity contribution is 5.84. The van der Waals surface area contributed by atoms with Crippen molar-refractivity contribution in [2.45, 2.75) is 38.5 Å². The highest BCUT2D eigenvalue weighted by Gasteiger charge is 2.32. The molecule has 1 aliphatic carbocycles. The smallest absolute Gasteiger partial charge is 0.236 e. The lowest BCUT2D eigenvalue weighted by atomic mass is 9.78. The standard InChI is InChI=1S/C15H24N2O2/c18-14-4-6-17(7-5-14)15(19)11-16-9-12-2-1-3-13(8-12)10-16/h12-13H,1-11H2. The first-order chi connectivity index (χ1) is 9.20. The number of hydrogen-bond acceptors (Lipinski definition) is 3. The Kier molecular flexibility index (Phi) is 3.87. The van der Waals surface area contributed by atoms with Crippen molar-refractivity contribution in [1.29, 1.82) is 0 Å². The van der Waals surface area contributed by atoms with Gasteiger partial charge in [-0.3, -0.25) is 14.5 Å². The lowest BCUT2D eigenvalue weighted by Gasteiger charge is -2.41. The Morgan fingerprint density at radius 2 is 1.74 bits per heavy atom. The fraction of sp³-hybridized carbons (Fsp3) is 0.867. The van der Waals surface area contributed by atoms with Crippen LogP contribution in [0, 0.1) is 11.8 Å². The minimum Gasteiger partial charge on any atom is -0.341 e. The van der Waals surface area contributed by atoms with Crippen LogP contribution in [0.5, 0.6) is 0 Å². The van der Waals surface area contributed by atoms with Crippen LogP contribution in [-0.4, -0.2) is 54.2 Å². The molecule has 4 nitrogen and oxygen atoms in total. The Labute approximate surface area is 115 Å². The fourth-order valence-electron chi connectivity index (χ4n) is 3.96. The number of amides is 1. The SMILES string of the molecule is O=C1CCN(C(=O)CN2CC3CCCC(C3)C2)CC1. The predicted octanol–water partition coefficient (Wildman–Crippen LogP) is 1.30. The summed E-state index contributed by atoms with van der Waals surface area (Å²) in [6.45, 7) is 4.06. The third kappa shape index (κ3) is 3.16. The summed E-state index contributed by atoms with van der Waals surface area (Å²) in [6.07, 6.45) is 6.56. The van der Waals surface area contributed by atoms with Crippen molar-refractivity contribution in [3.8, 4) is 0 Å². The van der Waals surface area contributed by atoms with E-state index in [2.05, 4.69) is 4.90 Å². The van der Waals surface area contributed by atoms with Crippen LogP contribution in [0.4, 0.5) is 0 Å². The van der Waals surface area contributed by atoms with Gasteiger partial charge in [-0.2, -0.15) is 0 Å². The Morgan fingerprint density at radius 3 is 2.37 bits per heavy atom. The molecule has 2 bridgehead atoms. The molecule has 2 saturated heterocycles. The van der Waals surface area contributed by atoms with Crippen molar-refractivity contribution in [2.24, 2.45) is 11.8 Å². The third-order valence-electron chi connectivity index (χ3n) is 4.96. The van der Waals surface area contributed by atoms with Gasteiger partial charge in [-0.15, -0.1) is 0 Å². The highest BCUT2D eigenvalue weighted by atomic mass is 16.2. The summed E-state index contributed by atoms with van der Waals surface area (Å²) in [5, 5.41) is 0. The quantitative estimate of drug-likeness (QED) is 0.755. The normalized spacial score (nSPS) is 32.4. The molecule has 4 heteroatoms. The number of fused-ring (bicyclic) bond motifs is 2. The topological polar surface area (TPSA) is 40.6 Å². The van der Waals surface area contributed by atoms with Gasteiger partial charge in [0.15, 0.2) is 0 Å². The Balaban J connectivity index is 1.50. The van der Waals surface area contributed by atoms with Gasteiger partial charge in [0, 0.05) is 39.0 Å². The van der Waals surface area contributed by atoms with E-state index < -0.39 is 0 Å². The van der Waals surface area contributed by atoms with E-state index >= 15 is 0 Å². The number of carbonyl (C=O) groups excluding carboxylic acids is 2. The molecule has 19 heavy (non-hydrogen) atoms. The number of ketones is 1. The number of carbonyl (C=O) groups is 2. The van der Waals surface area contributed by atoms with Crippen LogP contribution in [-0.2, 0) is 9.59 Å². The van der Waals surface area contributed by atoms with E-state index in [-0.39, 0.29) is 5.91 Å². The lowest BCUT2D eigenvalue weighted by Crippen LogP contribution is -2.49. The zero-order valence-corrected chi connectivity index (χ0v) is 11.6. The molecule has 2 aliphatic heterocycles. The van der Waals surface area contributed by atoms with Crippen LogP contribution >= 0.6 is 0 Å². The van der Waals surface area contributed by atoms with Gasteiger partial charge in [-0.05, 0) is 31.1 Å². The van der Waals surface area contributed by atoms with Gasteiger partial charge >= 0.3 is 0 Å². The molecule has 3 fully saturated rings. The number of nitrogens with zero attached hydrogens (tertiary/aromatic N) is 2. The molecule has 1 amide bonds. The van der Waals surface area contributed by atoms with E-state index in [1.54, 1.807) is 0 Å². The highest BCUT2D eigenvalue weighted by Crippen LogP contribution is 2.34. The zero-order chi connectivity index (χ0) is 13.2. The van der Waals surface area contributed by atoms with Crippen molar-refractivity contribution >= 4 is 11.7 Å². The van der Waals surface area contributed by atoms with Gasteiger partial charge < -0.3 is 4.90 Å². The molecule has 2 unspecified atom stereocenters. The van der Waals surface area contributed by atoms with E-state index in [1.165, 1.54) is 25.7 Å². The molecule has 3 rings (SSSR count). The van der Waals surface area contributed by atoms with Crippen molar-refractivity contribution in [3.63, 3.8) is 0 Å². The van der Waals surface area contributed by atoms with Gasteiger partial charge in [-0.25, -0.2) is 0 Å². The van der Waals surface area contributed by atoms with Crippen LogP contribution in [0.1, 0.15) is 38.5 Å². The van der Waals surface area contributed by atoms with Crippen LogP contribution in [0.15, 0.2) is 0 Å². The third-order valence-corrected chi connectivity index (χ3v) is 4.96. The van der Waals surface area contributed by atoms with Gasteiger partial charge in [-0.1, -0.05) is 6.42 Å². The van der Waals surface area contributed by atoms with Crippen LogP contribution in [0.25, 0.3) is 0 Å². The maximum Gasteiger partial charge on any atom is 0.236 e. The summed E-state index contributed by atoms with van der Waals surface area (Å²) in [4.78, 5) is 27.7. The minimum absolute atomic E-state index is 0.229. The van der Waals surface area contributed by atoms with E-state index in [4.69, 9.17) is 0 Å². The first-order valence-electron chi connectivity index (χ1n) is 7.72. The van der Waals surface area contributed by atoms with Crippen LogP contribution in [0.3, 0.4) is 0 Å². The van der Waals surface area contributed by atoms with Gasteiger partial charge in [0.2, 0.25) is 5.91 Å². The lowest BCUT2D eigenvalue weighted by molar-refractivity contribution is -0.136. The molecule has 2 atom stereocenters. The monoisotopic (exact) mass is 264 g/mol. The van der Waals surface area contributed by atoms with E-state index in [0.29, 0.717) is 38.3 Å². The van der Waals surface area contributed by atoms with Gasteiger partial charge in [0.1, 0.15) is 5.78 Å². The van der Waals surface area contributed by atoms with E-state index in [0.717, 1.165) is 24.9 Å². The maximum atomic E-state index is 12.3. The second-order valence-electron chi connectivity index (χ2n) is 6.51. The number of piperidine rings is 2. The predicted molar refractivity (Wildman–Crippen MR) is 72.7 cm³/mol. The zero-order valence-electron chi connectivity index (χ0n) is 11.6. The number of rotatable bonds is 2. The van der Waals surface area contributed by atoms with Gasteiger partial charge in [0.25, 0.3) is 0 Å².